The Bertz CT molecular complexity index is 619. The molecule has 5 heteroatoms. The Balaban J connectivity index is 1.91. The first kappa shape index (κ1) is 12.5. The summed E-state index contributed by atoms with van der Waals surface area (Å²) >= 11 is 5.93. The third-order valence-electron chi connectivity index (χ3n) is 3.40. The van der Waals surface area contributed by atoms with Gasteiger partial charge in [0.25, 0.3) is 5.91 Å². The summed E-state index contributed by atoms with van der Waals surface area (Å²) in [5, 5.41) is 10.7. The van der Waals surface area contributed by atoms with E-state index in [1.54, 1.807) is 17.0 Å². The van der Waals surface area contributed by atoms with Gasteiger partial charge in [-0.25, -0.2) is 0 Å². The Morgan fingerprint density at radius 2 is 2.21 bits per heavy atom. The Labute approximate surface area is 116 Å². The SMILES string of the molecule is O=C(c1cc2ccc(Cl)cc2[nH]1)N(CCO)C1CC1. The minimum Gasteiger partial charge on any atom is -0.395 e. The van der Waals surface area contributed by atoms with E-state index in [4.69, 9.17) is 16.7 Å². The smallest absolute Gasteiger partial charge is 0.270 e. The molecule has 0 spiro atoms. The predicted octanol–water partition coefficient (Wildman–Crippen LogP) is 2.42. The molecule has 100 valence electrons. The predicted molar refractivity (Wildman–Crippen MR) is 74.5 cm³/mol. The Kier molecular flexibility index (Phi) is 3.21. The van der Waals surface area contributed by atoms with E-state index in [1.807, 2.05) is 12.1 Å². The number of aliphatic hydroxyl groups excluding tert-OH is 1. The second kappa shape index (κ2) is 4.87. The number of nitrogens with one attached hydrogen (secondary N) is 1. The number of H-pyrrole nitrogens is 1. The number of aliphatic hydroxyl groups is 1. The topological polar surface area (TPSA) is 56.3 Å². The van der Waals surface area contributed by atoms with E-state index < -0.39 is 0 Å². The third-order valence-corrected chi connectivity index (χ3v) is 3.64. The Morgan fingerprint density at radius 3 is 2.89 bits per heavy atom. The highest BCUT2D eigenvalue weighted by atomic mass is 35.5. The largest absolute Gasteiger partial charge is 0.395 e. The molecular formula is C14H15ClN2O2. The van der Waals surface area contributed by atoms with Crippen LogP contribution in [0.1, 0.15) is 23.3 Å². The molecule has 2 N–H and O–H groups in total. The van der Waals surface area contributed by atoms with Crippen LogP contribution in [0.3, 0.4) is 0 Å². The van der Waals surface area contributed by atoms with Crippen molar-refractivity contribution in [1.82, 2.24) is 9.88 Å². The molecule has 1 aliphatic carbocycles. The Hall–Kier alpha value is -1.52. The van der Waals surface area contributed by atoms with Gasteiger partial charge in [0.05, 0.1) is 6.61 Å². The number of aromatic amines is 1. The number of carbonyl (C=O) groups excluding carboxylic acids is 1. The molecule has 1 saturated carbocycles. The fourth-order valence-electron chi connectivity index (χ4n) is 2.31. The first-order chi connectivity index (χ1) is 9.19. The first-order valence-electron chi connectivity index (χ1n) is 6.39. The van der Waals surface area contributed by atoms with Gasteiger partial charge in [0.1, 0.15) is 5.69 Å². The van der Waals surface area contributed by atoms with Crippen molar-refractivity contribution in [2.45, 2.75) is 18.9 Å². The molecule has 0 unspecified atom stereocenters. The highest BCUT2D eigenvalue weighted by Crippen LogP contribution is 2.28. The van der Waals surface area contributed by atoms with Crippen molar-refractivity contribution in [3.8, 4) is 0 Å². The second-order valence-electron chi connectivity index (χ2n) is 4.87. The zero-order chi connectivity index (χ0) is 13.4. The van der Waals surface area contributed by atoms with Crippen LogP contribution in [0.5, 0.6) is 0 Å². The van der Waals surface area contributed by atoms with Crippen molar-refractivity contribution in [2.75, 3.05) is 13.2 Å². The van der Waals surface area contributed by atoms with Crippen molar-refractivity contribution in [3.05, 3.63) is 35.0 Å². The van der Waals surface area contributed by atoms with Crippen molar-refractivity contribution >= 4 is 28.4 Å². The lowest BCUT2D eigenvalue weighted by atomic mass is 10.2. The molecule has 1 fully saturated rings. The van der Waals surface area contributed by atoms with Crippen LogP contribution in [0.25, 0.3) is 10.9 Å². The molecule has 0 saturated heterocycles. The molecule has 0 bridgehead atoms. The summed E-state index contributed by atoms with van der Waals surface area (Å²) in [5.41, 5.74) is 1.41. The minimum absolute atomic E-state index is 0.00566. The van der Waals surface area contributed by atoms with E-state index in [2.05, 4.69) is 4.98 Å². The quantitative estimate of drug-likeness (QED) is 0.902. The van der Waals surface area contributed by atoms with E-state index in [1.165, 1.54) is 0 Å². The minimum atomic E-state index is -0.0520. The number of carbonyl (C=O) groups is 1. The van der Waals surface area contributed by atoms with Crippen LogP contribution in [0, 0.1) is 0 Å². The maximum absolute atomic E-state index is 12.4. The van der Waals surface area contributed by atoms with E-state index in [0.29, 0.717) is 17.3 Å². The van der Waals surface area contributed by atoms with Crippen molar-refractivity contribution in [2.24, 2.45) is 0 Å². The van der Waals surface area contributed by atoms with Crippen LogP contribution in [0.4, 0.5) is 0 Å². The lowest BCUT2D eigenvalue weighted by molar-refractivity contribution is 0.0702. The normalized spacial score (nSPS) is 14.8. The van der Waals surface area contributed by atoms with Gasteiger partial charge in [-0.3, -0.25) is 4.79 Å². The standard InChI is InChI=1S/C14H15ClN2O2/c15-10-2-1-9-7-13(16-12(9)8-10)14(19)17(5-6-18)11-3-4-11/h1-2,7-8,11,16,18H,3-6H2. The number of fused-ring (bicyclic) bond motifs is 1. The number of nitrogens with zero attached hydrogens (tertiary/aromatic N) is 1. The summed E-state index contributed by atoms with van der Waals surface area (Å²) in [6, 6.07) is 7.62. The molecular weight excluding hydrogens is 264 g/mol. The molecule has 1 aliphatic rings. The summed E-state index contributed by atoms with van der Waals surface area (Å²) in [4.78, 5) is 17.3. The molecule has 1 amide bonds. The summed E-state index contributed by atoms with van der Waals surface area (Å²) < 4.78 is 0. The van der Waals surface area contributed by atoms with Crippen LogP contribution in [0.15, 0.2) is 24.3 Å². The summed E-state index contributed by atoms with van der Waals surface area (Å²) in [7, 11) is 0. The molecule has 0 aliphatic heterocycles. The van der Waals surface area contributed by atoms with E-state index >= 15 is 0 Å². The average Bonchev–Trinajstić information content (AvgIpc) is 3.14. The van der Waals surface area contributed by atoms with Crippen LogP contribution >= 0.6 is 11.6 Å². The zero-order valence-electron chi connectivity index (χ0n) is 10.4. The van der Waals surface area contributed by atoms with Gasteiger partial charge < -0.3 is 15.0 Å². The number of hydrogen-bond acceptors (Lipinski definition) is 2. The van der Waals surface area contributed by atoms with Gasteiger partial charge in [0.2, 0.25) is 0 Å². The van der Waals surface area contributed by atoms with Gasteiger partial charge in [-0.2, -0.15) is 0 Å². The maximum Gasteiger partial charge on any atom is 0.270 e. The van der Waals surface area contributed by atoms with Gasteiger partial charge >= 0.3 is 0 Å². The van der Waals surface area contributed by atoms with Crippen LogP contribution in [-0.4, -0.2) is 40.1 Å². The highest BCUT2D eigenvalue weighted by molar-refractivity contribution is 6.31. The maximum atomic E-state index is 12.4. The van der Waals surface area contributed by atoms with Crippen molar-refractivity contribution in [3.63, 3.8) is 0 Å². The molecule has 0 radical (unpaired) electrons. The highest BCUT2D eigenvalue weighted by Gasteiger charge is 2.33. The van der Waals surface area contributed by atoms with E-state index in [9.17, 15) is 4.79 Å². The summed E-state index contributed by atoms with van der Waals surface area (Å²) in [5.74, 6) is -0.0520. The van der Waals surface area contributed by atoms with Gasteiger partial charge in [0, 0.05) is 28.5 Å². The van der Waals surface area contributed by atoms with E-state index in [0.717, 1.165) is 23.7 Å². The number of amides is 1. The fraction of sp³-hybridized carbons (Fsp3) is 0.357. The van der Waals surface area contributed by atoms with Gasteiger partial charge in [-0.15, -0.1) is 0 Å². The molecule has 4 nitrogen and oxygen atoms in total. The number of rotatable bonds is 4. The zero-order valence-corrected chi connectivity index (χ0v) is 11.2. The molecule has 2 aromatic rings. The van der Waals surface area contributed by atoms with Crippen LogP contribution < -0.4 is 0 Å². The van der Waals surface area contributed by atoms with Crippen LogP contribution in [-0.2, 0) is 0 Å². The van der Waals surface area contributed by atoms with Gasteiger partial charge in [0.15, 0.2) is 0 Å². The molecule has 3 rings (SSSR count). The van der Waals surface area contributed by atoms with Crippen molar-refractivity contribution < 1.29 is 9.90 Å². The first-order valence-corrected chi connectivity index (χ1v) is 6.77. The lowest BCUT2D eigenvalue weighted by Crippen LogP contribution is -2.35. The van der Waals surface area contributed by atoms with Gasteiger partial charge in [-0.1, -0.05) is 17.7 Å². The van der Waals surface area contributed by atoms with Gasteiger partial charge in [-0.05, 0) is 31.0 Å². The average molecular weight is 279 g/mol. The van der Waals surface area contributed by atoms with E-state index in [-0.39, 0.29) is 18.6 Å². The molecule has 1 heterocycles. The molecule has 1 aromatic heterocycles. The summed E-state index contributed by atoms with van der Waals surface area (Å²) in [6.07, 6.45) is 2.05. The molecule has 0 atom stereocenters. The molecule has 19 heavy (non-hydrogen) atoms. The number of halogens is 1. The Morgan fingerprint density at radius 1 is 1.42 bits per heavy atom. The number of hydrogen-bond donors (Lipinski definition) is 2. The number of aromatic nitrogens is 1. The fourth-order valence-corrected chi connectivity index (χ4v) is 2.49. The van der Waals surface area contributed by atoms with Crippen LogP contribution in [0.2, 0.25) is 5.02 Å². The third kappa shape index (κ3) is 2.46. The monoisotopic (exact) mass is 278 g/mol. The number of benzene rings is 1. The lowest BCUT2D eigenvalue weighted by Gasteiger charge is -2.20. The van der Waals surface area contributed by atoms with Crippen molar-refractivity contribution in [1.29, 1.82) is 0 Å². The molecule has 1 aromatic carbocycles. The second-order valence-corrected chi connectivity index (χ2v) is 5.30. The summed E-state index contributed by atoms with van der Waals surface area (Å²) in [6.45, 7) is 0.383.